The van der Waals surface area contributed by atoms with Gasteiger partial charge in [0, 0.05) is 17.9 Å². The molecule has 0 aliphatic heterocycles. The molecule has 25 heavy (non-hydrogen) atoms. The Morgan fingerprint density at radius 3 is 2.04 bits per heavy atom. The van der Waals surface area contributed by atoms with Gasteiger partial charge < -0.3 is 10.2 Å². The third-order valence-corrected chi connectivity index (χ3v) is 5.10. The smallest absolute Gasteiger partial charge is 0.159 e. The average Bonchev–Trinajstić information content (AvgIpc) is 2.43. The Hall–Kier alpha value is -1.94. The van der Waals surface area contributed by atoms with E-state index in [9.17, 15) is 19.8 Å². The minimum atomic E-state index is -1.40. The monoisotopic (exact) mass is 344 g/mol. The number of hydrogen-bond acceptors (Lipinski definition) is 4. The summed E-state index contributed by atoms with van der Waals surface area (Å²) in [5.41, 5.74) is 0.705. The topological polar surface area (TPSA) is 74.6 Å². The number of Topliss-reactive ketones (excluding diaryl/α,β-unsaturated/α-hetero) is 2. The number of ketones is 2. The predicted molar refractivity (Wildman–Crippen MR) is 97.6 cm³/mol. The fourth-order valence-corrected chi connectivity index (χ4v) is 3.89. The molecule has 2 N–H and O–H groups in total. The van der Waals surface area contributed by atoms with Crippen molar-refractivity contribution in [3.63, 3.8) is 0 Å². The maximum Gasteiger partial charge on any atom is 0.159 e. The first kappa shape index (κ1) is 19.4. The number of hydrogen-bond donors (Lipinski definition) is 2. The molecule has 0 aromatic heterocycles. The van der Waals surface area contributed by atoms with Crippen molar-refractivity contribution >= 4 is 11.6 Å². The summed E-state index contributed by atoms with van der Waals surface area (Å²) >= 11 is 0. The van der Waals surface area contributed by atoms with Crippen LogP contribution in [0, 0.1) is 5.92 Å². The number of benzene rings is 1. The van der Waals surface area contributed by atoms with Crippen LogP contribution in [0.2, 0.25) is 0 Å². The predicted octanol–water partition coefficient (Wildman–Crippen LogP) is 3.83. The van der Waals surface area contributed by atoms with E-state index in [4.69, 9.17) is 0 Å². The lowest BCUT2D eigenvalue weighted by molar-refractivity contribution is -0.132. The molecule has 1 aliphatic carbocycles. The van der Waals surface area contributed by atoms with E-state index in [1.165, 1.54) is 13.8 Å². The Morgan fingerprint density at radius 2 is 1.64 bits per heavy atom. The molecule has 1 aromatic rings. The van der Waals surface area contributed by atoms with E-state index in [1.807, 2.05) is 24.3 Å². The molecule has 0 radical (unpaired) electrons. The van der Waals surface area contributed by atoms with E-state index in [2.05, 4.69) is 20.8 Å². The summed E-state index contributed by atoms with van der Waals surface area (Å²) in [7, 11) is 0. The molecule has 0 amide bonds. The zero-order valence-corrected chi connectivity index (χ0v) is 15.9. The van der Waals surface area contributed by atoms with Gasteiger partial charge in [-0.25, -0.2) is 0 Å². The summed E-state index contributed by atoms with van der Waals surface area (Å²) < 4.78 is 0. The molecule has 3 atom stereocenters. The van der Waals surface area contributed by atoms with Crippen molar-refractivity contribution in [2.24, 2.45) is 5.92 Å². The maximum absolute atomic E-state index is 12.3. The molecule has 2 rings (SSSR count). The van der Waals surface area contributed by atoms with Gasteiger partial charge in [0.15, 0.2) is 5.78 Å². The zero-order chi connectivity index (χ0) is 19.2. The third kappa shape index (κ3) is 3.69. The molecular weight excluding hydrogens is 316 g/mol. The molecule has 0 saturated carbocycles. The SMILES string of the molecule is CC(=O)C1=C(O)C[C@](C)(O)[C@@H](C(C)=O)[C@H]1c1ccc(C(C)(C)C)cc1. The Labute approximate surface area is 149 Å². The van der Waals surface area contributed by atoms with Crippen LogP contribution in [-0.2, 0) is 15.0 Å². The zero-order valence-electron chi connectivity index (χ0n) is 15.9. The number of allylic oxidation sites excluding steroid dienone is 1. The second kappa shape index (κ2) is 6.41. The highest BCUT2D eigenvalue weighted by atomic mass is 16.3. The largest absolute Gasteiger partial charge is 0.512 e. The Kier molecular flexibility index (Phi) is 4.97. The van der Waals surface area contributed by atoms with Crippen LogP contribution in [0.15, 0.2) is 35.6 Å². The number of rotatable bonds is 3. The van der Waals surface area contributed by atoms with Gasteiger partial charge in [-0.2, -0.15) is 0 Å². The Balaban J connectivity index is 2.64. The standard InChI is InChI=1S/C21H28O4/c1-12(22)17-16(24)11-21(6,25)19(13(2)23)18(17)14-7-9-15(10-8-14)20(3,4)5/h7-10,18-19,24-25H,11H2,1-6H3/t18-,19-,21-/m0/s1. The molecule has 0 fully saturated rings. The first-order chi connectivity index (χ1) is 11.4. The van der Waals surface area contributed by atoms with Crippen LogP contribution >= 0.6 is 0 Å². The van der Waals surface area contributed by atoms with Crippen molar-refractivity contribution in [2.75, 3.05) is 0 Å². The lowest BCUT2D eigenvalue weighted by atomic mass is 9.64. The van der Waals surface area contributed by atoms with Gasteiger partial charge >= 0.3 is 0 Å². The minimum Gasteiger partial charge on any atom is -0.512 e. The number of carbonyl (C=O) groups excluding carboxylic acids is 2. The number of aliphatic hydroxyl groups excluding tert-OH is 1. The molecule has 4 heteroatoms. The van der Waals surface area contributed by atoms with Gasteiger partial charge in [0.05, 0.1) is 11.5 Å². The van der Waals surface area contributed by atoms with E-state index in [-0.39, 0.29) is 34.7 Å². The van der Waals surface area contributed by atoms with Gasteiger partial charge in [-0.05, 0) is 37.3 Å². The second-order valence-corrected chi connectivity index (χ2v) is 8.39. The molecular formula is C21H28O4. The Bertz CT molecular complexity index is 717. The molecule has 1 aliphatic rings. The fraction of sp³-hybridized carbons (Fsp3) is 0.524. The van der Waals surface area contributed by atoms with Crippen LogP contribution in [0.1, 0.15) is 65.0 Å². The first-order valence-electron chi connectivity index (χ1n) is 8.62. The van der Waals surface area contributed by atoms with Crippen molar-refractivity contribution in [1.82, 2.24) is 0 Å². The molecule has 0 saturated heterocycles. The van der Waals surface area contributed by atoms with Gasteiger partial charge in [0.25, 0.3) is 0 Å². The summed E-state index contributed by atoms with van der Waals surface area (Å²) in [5, 5.41) is 21.1. The van der Waals surface area contributed by atoms with Crippen molar-refractivity contribution in [3.05, 3.63) is 46.7 Å². The summed E-state index contributed by atoms with van der Waals surface area (Å²) in [6, 6.07) is 7.73. The van der Waals surface area contributed by atoms with E-state index in [1.54, 1.807) is 6.92 Å². The van der Waals surface area contributed by atoms with E-state index in [0.29, 0.717) is 0 Å². The Morgan fingerprint density at radius 1 is 1.12 bits per heavy atom. The van der Waals surface area contributed by atoms with Crippen molar-refractivity contribution in [3.8, 4) is 0 Å². The molecule has 1 aromatic carbocycles. The highest BCUT2D eigenvalue weighted by Crippen LogP contribution is 2.47. The average molecular weight is 344 g/mol. The lowest BCUT2D eigenvalue weighted by Gasteiger charge is -2.42. The van der Waals surface area contributed by atoms with E-state index in [0.717, 1.165) is 11.1 Å². The highest BCUT2D eigenvalue weighted by molar-refractivity contribution is 5.97. The summed E-state index contributed by atoms with van der Waals surface area (Å²) in [4.78, 5) is 24.5. The van der Waals surface area contributed by atoms with Crippen LogP contribution in [0.4, 0.5) is 0 Å². The van der Waals surface area contributed by atoms with E-state index < -0.39 is 17.4 Å². The molecule has 0 unspecified atom stereocenters. The van der Waals surface area contributed by atoms with Crippen molar-refractivity contribution in [2.45, 2.75) is 64.9 Å². The van der Waals surface area contributed by atoms with Crippen LogP contribution in [0.5, 0.6) is 0 Å². The number of aliphatic hydroxyl groups is 2. The molecule has 0 spiro atoms. The molecule has 4 nitrogen and oxygen atoms in total. The van der Waals surface area contributed by atoms with Gasteiger partial charge in [-0.15, -0.1) is 0 Å². The molecule has 0 heterocycles. The fourth-order valence-electron chi connectivity index (χ4n) is 3.89. The number of carbonyl (C=O) groups is 2. The van der Waals surface area contributed by atoms with Crippen molar-refractivity contribution < 1.29 is 19.8 Å². The van der Waals surface area contributed by atoms with Crippen LogP contribution in [0.3, 0.4) is 0 Å². The highest BCUT2D eigenvalue weighted by Gasteiger charge is 2.49. The summed E-state index contributed by atoms with van der Waals surface area (Å²) in [6.45, 7) is 10.7. The first-order valence-corrected chi connectivity index (χ1v) is 8.62. The second-order valence-electron chi connectivity index (χ2n) is 8.39. The summed E-state index contributed by atoms with van der Waals surface area (Å²) in [5.74, 6) is -2.01. The molecule has 136 valence electrons. The summed E-state index contributed by atoms with van der Waals surface area (Å²) in [6.07, 6.45) is -0.0945. The molecule has 0 bridgehead atoms. The third-order valence-electron chi connectivity index (χ3n) is 5.10. The van der Waals surface area contributed by atoms with Gasteiger partial charge in [-0.3, -0.25) is 9.59 Å². The quantitative estimate of drug-likeness (QED) is 0.874. The van der Waals surface area contributed by atoms with Gasteiger partial charge in [0.2, 0.25) is 0 Å². The lowest BCUT2D eigenvalue weighted by Crippen LogP contribution is -2.47. The van der Waals surface area contributed by atoms with Crippen LogP contribution in [-0.4, -0.2) is 27.4 Å². The van der Waals surface area contributed by atoms with Gasteiger partial charge in [-0.1, -0.05) is 45.0 Å². The normalized spacial score (nSPS) is 27.3. The van der Waals surface area contributed by atoms with Crippen LogP contribution < -0.4 is 0 Å². The minimum absolute atomic E-state index is 0.0159. The van der Waals surface area contributed by atoms with Crippen LogP contribution in [0.25, 0.3) is 0 Å². The maximum atomic E-state index is 12.3. The van der Waals surface area contributed by atoms with E-state index >= 15 is 0 Å². The van der Waals surface area contributed by atoms with Crippen molar-refractivity contribution in [1.29, 1.82) is 0 Å². The van der Waals surface area contributed by atoms with Gasteiger partial charge in [0.1, 0.15) is 11.5 Å².